The summed E-state index contributed by atoms with van der Waals surface area (Å²) in [6, 6.07) is 19.3. The van der Waals surface area contributed by atoms with Crippen LogP contribution < -0.4 is 4.90 Å². The minimum atomic E-state index is 0.0631. The topological polar surface area (TPSA) is 54.9 Å². The van der Waals surface area contributed by atoms with Gasteiger partial charge in [-0.25, -0.2) is 4.98 Å². The Hall–Kier alpha value is -2.70. The highest BCUT2D eigenvalue weighted by molar-refractivity contribution is 7.17. The lowest BCUT2D eigenvalue weighted by Crippen LogP contribution is -3.12. The zero-order valence-electron chi connectivity index (χ0n) is 15.8. The maximum absolute atomic E-state index is 11.0. The Morgan fingerprint density at radius 3 is 2.61 bits per heavy atom. The Bertz CT molecular complexity index is 1120. The second kappa shape index (κ2) is 7.04. The molecule has 2 aromatic carbocycles. The van der Waals surface area contributed by atoms with Crippen molar-refractivity contribution in [2.75, 3.05) is 6.54 Å². The van der Waals surface area contributed by atoms with E-state index in [-0.39, 0.29) is 11.9 Å². The third kappa shape index (κ3) is 2.89. The van der Waals surface area contributed by atoms with Gasteiger partial charge < -0.3 is 10.0 Å². The van der Waals surface area contributed by atoms with Crippen molar-refractivity contribution >= 4 is 16.3 Å². The van der Waals surface area contributed by atoms with Crippen LogP contribution in [0.25, 0.3) is 4.96 Å². The first-order valence-corrected chi connectivity index (χ1v) is 10.6. The summed E-state index contributed by atoms with van der Waals surface area (Å²) in [4.78, 5) is 7.72. The number of fused-ring (bicyclic) bond motifs is 2. The molecule has 0 aliphatic carbocycles. The summed E-state index contributed by atoms with van der Waals surface area (Å²) in [5, 5.41) is 15.5. The predicted molar refractivity (Wildman–Crippen MR) is 110 cm³/mol. The van der Waals surface area contributed by atoms with E-state index in [1.165, 1.54) is 21.6 Å². The van der Waals surface area contributed by atoms with E-state index >= 15 is 0 Å². The number of aromatic hydroxyl groups is 1. The highest BCUT2D eigenvalue weighted by Gasteiger charge is 2.34. The quantitative estimate of drug-likeness (QED) is 0.562. The van der Waals surface area contributed by atoms with Crippen LogP contribution in [0.1, 0.15) is 40.4 Å². The lowest BCUT2D eigenvalue weighted by molar-refractivity contribution is -0.940. The Morgan fingerprint density at radius 1 is 1.11 bits per heavy atom. The van der Waals surface area contributed by atoms with Crippen LogP contribution in [0.5, 0.6) is 5.88 Å². The number of benzene rings is 2. The number of thiazole rings is 1. The first-order chi connectivity index (χ1) is 13.7. The van der Waals surface area contributed by atoms with Crippen molar-refractivity contribution in [1.82, 2.24) is 14.6 Å². The number of nitrogens with one attached hydrogen (secondary N) is 1. The molecule has 4 aromatic rings. The molecule has 2 N–H and O–H groups in total. The number of hydrogen-bond acceptors (Lipinski definition) is 4. The van der Waals surface area contributed by atoms with E-state index in [1.54, 1.807) is 15.9 Å². The number of aromatic nitrogens is 3. The number of aryl methyl sites for hydroxylation is 1. The molecule has 0 bridgehead atoms. The summed E-state index contributed by atoms with van der Waals surface area (Å²) in [7, 11) is 0. The van der Waals surface area contributed by atoms with Gasteiger partial charge in [0.1, 0.15) is 11.4 Å². The van der Waals surface area contributed by atoms with E-state index in [4.69, 9.17) is 0 Å². The van der Waals surface area contributed by atoms with Crippen LogP contribution in [-0.2, 0) is 19.4 Å². The Balaban J connectivity index is 1.60. The van der Waals surface area contributed by atoms with E-state index in [2.05, 4.69) is 58.6 Å². The largest absolute Gasteiger partial charge is 0.492 e. The van der Waals surface area contributed by atoms with Crippen molar-refractivity contribution < 1.29 is 10.0 Å². The Labute approximate surface area is 167 Å². The number of nitrogens with zero attached hydrogens (tertiary/aromatic N) is 3. The highest BCUT2D eigenvalue weighted by atomic mass is 32.1. The zero-order valence-corrected chi connectivity index (χ0v) is 16.6. The third-order valence-corrected chi connectivity index (χ3v) is 6.70. The van der Waals surface area contributed by atoms with Crippen LogP contribution in [0.3, 0.4) is 0 Å². The van der Waals surface area contributed by atoms with E-state index in [1.807, 2.05) is 13.0 Å². The molecule has 142 valence electrons. The lowest BCUT2D eigenvalue weighted by atomic mass is 9.96. The van der Waals surface area contributed by atoms with Crippen molar-refractivity contribution in [3.8, 4) is 5.88 Å². The van der Waals surface area contributed by atoms with Crippen LogP contribution in [0, 0.1) is 0 Å². The molecule has 1 aliphatic rings. The van der Waals surface area contributed by atoms with Gasteiger partial charge in [0.15, 0.2) is 11.9 Å². The van der Waals surface area contributed by atoms with Crippen LogP contribution in [-0.4, -0.2) is 26.2 Å². The molecule has 0 saturated heterocycles. The number of hydrogen-bond donors (Lipinski definition) is 2. The molecule has 0 spiro atoms. The first-order valence-electron chi connectivity index (χ1n) is 9.78. The average molecular weight is 392 g/mol. The van der Waals surface area contributed by atoms with Crippen molar-refractivity contribution in [3.05, 3.63) is 82.0 Å². The smallest absolute Gasteiger partial charge is 0.235 e. The molecule has 6 heteroatoms. The first kappa shape index (κ1) is 17.4. The monoisotopic (exact) mass is 391 g/mol. The molecular formula is C22H23N4OS+. The van der Waals surface area contributed by atoms with Crippen molar-refractivity contribution in [2.24, 2.45) is 0 Å². The molecule has 0 radical (unpaired) electrons. The molecule has 28 heavy (non-hydrogen) atoms. The van der Waals surface area contributed by atoms with Crippen molar-refractivity contribution in [2.45, 2.75) is 32.4 Å². The fourth-order valence-corrected chi connectivity index (χ4v) is 5.35. The molecule has 3 heterocycles. The molecule has 5 rings (SSSR count). The second-order valence-electron chi connectivity index (χ2n) is 7.31. The predicted octanol–water partition coefficient (Wildman–Crippen LogP) is 2.79. The minimum Gasteiger partial charge on any atom is -0.492 e. The van der Waals surface area contributed by atoms with Crippen LogP contribution >= 0.6 is 11.3 Å². The number of rotatable bonds is 4. The summed E-state index contributed by atoms with van der Waals surface area (Å²) in [6.45, 7) is 4.01. The summed E-state index contributed by atoms with van der Waals surface area (Å²) in [6.07, 6.45) is 1.82. The van der Waals surface area contributed by atoms with Gasteiger partial charge in [-0.3, -0.25) is 0 Å². The van der Waals surface area contributed by atoms with Crippen LogP contribution in [0.2, 0.25) is 0 Å². The van der Waals surface area contributed by atoms with Gasteiger partial charge in [0.25, 0.3) is 0 Å². The third-order valence-electron chi connectivity index (χ3n) is 5.61. The molecule has 1 aliphatic heterocycles. The summed E-state index contributed by atoms with van der Waals surface area (Å²) >= 11 is 1.56. The summed E-state index contributed by atoms with van der Waals surface area (Å²) in [5.74, 6) is 0.996. The summed E-state index contributed by atoms with van der Waals surface area (Å²) < 4.78 is 1.60. The van der Waals surface area contributed by atoms with Gasteiger partial charge in [0.05, 0.1) is 6.54 Å². The van der Waals surface area contributed by atoms with E-state index in [0.29, 0.717) is 0 Å². The summed E-state index contributed by atoms with van der Waals surface area (Å²) in [5.41, 5.74) is 4.06. The SMILES string of the molecule is CCc1nc2sc([C@H](c3ccccc3)[NH+]3CCc4ccccc4C3)c(O)n2n1. The van der Waals surface area contributed by atoms with Gasteiger partial charge in [-0.2, -0.15) is 4.52 Å². The standard InChI is InChI=1S/C22H22N4OS/c1-2-18-23-22-26(24-18)21(27)20(28-22)19(16-9-4-3-5-10-16)25-13-12-15-8-6-7-11-17(15)14-25/h3-11,19,27H,2,12-14H2,1H3/p+1/t19-/m0/s1. The molecule has 0 amide bonds. The molecule has 0 fully saturated rings. The maximum atomic E-state index is 11.0. The van der Waals surface area contributed by atoms with Gasteiger partial charge >= 0.3 is 0 Å². The van der Waals surface area contributed by atoms with E-state index in [0.717, 1.165) is 41.6 Å². The average Bonchev–Trinajstić information content (AvgIpc) is 3.28. The van der Waals surface area contributed by atoms with Gasteiger partial charge in [-0.1, -0.05) is 72.9 Å². The van der Waals surface area contributed by atoms with Gasteiger partial charge in [0.2, 0.25) is 10.8 Å². The van der Waals surface area contributed by atoms with Gasteiger partial charge in [-0.05, 0) is 5.56 Å². The van der Waals surface area contributed by atoms with Gasteiger partial charge in [-0.15, -0.1) is 5.10 Å². The van der Waals surface area contributed by atoms with Crippen LogP contribution in [0.15, 0.2) is 54.6 Å². The Kier molecular flexibility index (Phi) is 4.37. The lowest BCUT2D eigenvalue weighted by Gasteiger charge is -2.32. The molecule has 1 unspecified atom stereocenters. The molecule has 5 nitrogen and oxygen atoms in total. The number of quaternary nitrogens is 1. The molecule has 2 atom stereocenters. The highest BCUT2D eigenvalue weighted by Crippen LogP contribution is 2.35. The van der Waals surface area contributed by atoms with Crippen molar-refractivity contribution in [3.63, 3.8) is 0 Å². The molecule has 2 aromatic heterocycles. The minimum absolute atomic E-state index is 0.0631. The fraction of sp³-hybridized carbons (Fsp3) is 0.273. The molecule has 0 saturated carbocycles. The van der Waals surface area contributed by atoms with E-state index in [9.17, 15) is 5.11 Å². The van der Waals surface area contributed by atoms with Gasteiger partial charge in [0, 0.05) is 24.0 Å². The van der Waals surface area contributed by atoms with Crippen LogP contribution in [0.4, 0.5) is 0 Å². The van der Waals surface area contributed by atoms with Crippen molar-refractivity contribution in [1.29, 1.82) is 0 Å². The normalized spacial score (nSPS) is 17.5. The fourth-order valence-electron chi connectivity index (χ4n) is 4.19. The zero-order chi connectivity index (χ0) is 19.1. The Morgan fingerprint density at radius 2 is 1.86 bits per heavy atom. The molecular weight excluding hydrogens is 368 g/mol. The van der Waals surface area contributed by atoms with E-state index < -0.39 is 0 Å². The second-order valence-corrected chi connectivity index (χ2v) is 8.32. The maximum Gasteiger partial charge on any atom is 0.235 e.